The van der Waals surface area contributed by atoms with Crippen LogP contribution in [0.2, 0.25) is 0 Å². The molecule has 0 saturated carbocycles. The number of benzene rings is 1. The van der Waals surface area contributed by atoms with Crippen LogP contribution in [-0.2, 0) is 6.54 Å². The molecule has 0 radical (unpaired) electrons. The fourth-order valence-corrected chi connectivity index (χ4v) is 2.64. The second kappa shape index (κ2) is 5.84. The number of hydrogen-bond donors (Lipinski definition) is 0. The summed E-state index contributed by atoms with van der Waals surface area (Å²) in [6, 6.07) is 9.23. The predicted molar refractivity (Wildman–Crippen MR) is 79.3 cm³/mol. The van der Waals surface area contributed by atoms with E-state index in [0.717, 1.165) is 11.3 Å². The number of carbonyl (C=O) groups is 1. The summed E-state index contributed by atoms with van der Waals surface area (Å²) >= 11 is 1.63. The van der Waals surface area contributed by atoms with Crippen molar-refractivity contribution in [3.63, 3.8) is 0 Å². The zero-order chi connectivity index (χ0) is 14.7. The molecule has 0 N–H and O–H groups in total. The quantitative estimate of drug-likeness (QED) is 0.739. The zero-order valence-electron chi connectivity index (χ0n) is 11.4. The number of amides is 1. The van der Waals surface area contributed by atoms with E-state index in [1.54, 1.807) is 40.1 Å². The van der Waals surface area contributed by atoms with E-state index in [1.165, 1.54) is 6.33 Å². The molecule has 0 saturated heterocycles. The summed E-state index contributed by atoms with van der Waals surface area (Å²) in [5.74, 6) is -0.00975. The number of aromatic nitrogens is 4. The lowest BCUT2D eigenvalue weighted by Crippen LogP contribution is -2.25. The Labute approximate surface area is 125 Å². The Balaban J connectivity index is 1.72. The van der Waals surface area contributed by atoms with Crippen molar-refractivity contribution in [3.8, 4) is 5.69 Å². The number of thiophene rings is 1. The maximum absolute atomic E-state index is 12.4. The summed E-state index contributed by atoms with van der Waals surface area (Å²) < 4.78 is 1.54. The number of carbonyl (C=O) groups excluding carboxylic acids is 1. The molecule has 0 aliphatic rings. The molecule has 0 atom stereocenters. The second-order valence-corrected chi connectivity index (χ2v) is 5.37. The minimum atomic E-state index is -0.00975. The van der Waals surface area contributed by atoms with E-state index in [-0.39, 0.29) is 5.91 Å². The van der Waals surface area contributed by atoms with Crippen molar-refractivity contribution in [2.45, 2.75) is 6.54 Å². The number of hydrogen-bond acceptors (Lipinski definition) is 5. The molecular weight excluding hydrogens is 286 g/mol. The van der Waals surface area contributed by atoms with E-state index in [1.807, 2.05) is 29.0 Å². The first-order valence-corrected chi connectivity index (χ1v) is 7.28. The Bertz CT molecular complexity index is 706. The summed E-state index contributed by atoms with van der Waals surface area (Å²) in [7, 11) is 1.80. The van der Waals surface area contributed by atoms with E-state index in [0.29, 0.717) is 12.1 Å². The maximum Gasteiger partial charge on any atom is 0.253 e. The Morgan fingerprint density at radius 1 is 1.29 bits per heavy atom. The molecule has 0 bridgehead atoms. The molecule has 1 aromatic carbocycles. The van der Waals surface area contributed by atoms with Gasteiger partial charge in [0.2, 0.25) is 0 Å². The van der Waals surface area contributed by atoms with E-state index in [4.69, 9.17) is 0 Å². The van der Waals surface area contributed by atoms with Gasteiger partial charge in [0.05, 0.1) is 5.69 Å². The smallest absolute Gasteiger partial charge is 0.253 e. The van der Waals surface area contributed by atoms with Gasteiger partial charge in [0, 0.05) is 19.2 Å². The zero-order valence-corrected chi connectivity index (χ0v) is 12.2. The van der Waals surface area contributed by atoms with Crippen molar-refractivity contribution in [3.05, 3.63) is 58.5 Å². The Hall–Kier alpha value is -2.54. The van der Waals surface area contributed by atoms with Gasteiger partial charge in [-0.1, -0.05) is 0 Å². The van der Waals surface area contributed by atoms with Gasteiger partial charge in [0.25, 0.3) is 5.91 Å². The minimum Gasteiger partial charge on any atom is -0.337 e. The van der Waals surface area contributed by atoms with Crippen LogP contribution in [0.3, 0.4) is 0 Å². The highest BCUT2D eigenvalue weighted by Crippen LogP contribution is 2.13. The topological polar surface area (TPSA) is 63.9 Å². The van der Waals surface area contributed by atoms with Crippen molar-refractivity contribution >= 4 is 17.2 Å². The lowest BCUT2D eigenvalue weighted by molar-refractivity contribution is 0.0785. The summed E-state index contributed by atoms with van der Waals surface area (Å²) in [5.41, 5.74) is 2.60. The molecule has 6 nitrogen and oxygen atoms in total. The molecule has 0 unspecified atom stereocenters. The summed E-state index contributed by atoms with van der Waals surface area (Å²) in [6.45, 7) is 0.608. The van der Waals surface area contributed by atoms with E-state index in [2.05, 4.69) is 15.5 Å². The molecule has 0 aliphatic heterocycles. The van der Waals surface area contributed by atoms with Crippen molar-refractivity contribution in [1.82, 2.24) is 25.1 Å². The van der Waals surface area contributed by atoms with E-state index < -0.39 is 0 Å². The van der Waals surface area contributed by atoms with Gasteiger partial charge in [-0.05, 0) is 57.1 Å². The first-order chi connectivity index (χ1) is 10.2. The van der Waals surface area contributed by atoms with Gasteiger partial charge < -0.3 is 4.90 Å². The van der Waals surface area contributed by atoms with E-state index in [9.17, 15) is 4.79 Å². The monoisotopic (exact) mass is 299 g/mol. The molecule has 0 fully saturated rings. The molecule has 2 heterocycles. The van der Waals surface area contributed by atoms with Gasteiger partial charge >= 0.3 is 0 Å². The Morgan fingerprint density at radius 2 is 2.10 bits per heavy atom. The van der Waals surface area contributed by atoms with Crippen molar-refractivity contribution in [2.75, 3.05) is 7.05 Å². The molecule has 0 aliphatic carbocycles. The average Bonchev–Trinajstić information content (AvgIpc) is 3.20. The molecule has 21 heavy (non-hydrogen) atoms. The van der Waals surface area contributed by atoms with Crippen LogP contribution >= 0.6 is 11.3 Å². The number of rotatable bonds is 4. The first kappa shape index (κ1) is 13.4. The molecule has 2 aromatic heterocycles. The van der Waals surface area contributed by atoms with Gasteiger partial charge in [-0.25, -0.2) is 4.68 Å². The highest BCUT2D eigenvalue weighted by Gasteiger charge is 2.12. The van der Waals surface area contributed by atoms with Crippen LogP contribution in [0.15, 0.2) is 47.4 Å². The third-order valence-electron chi connectivity index (χ3n) is 3.07. The lowest BCUT2D eigenvalue weighted by Gasteiger charge is -2.16. The van der Waals surface area contributed by atoms with Gasteiger partial charge in [-0.3, -0.25) is 4.79 Å². The molecule has 7 heteroatoms. The maximum atomic E-state index is 12.4. The minimum absolute atomic E-state index is 0.00975. The van der Waals surface area contributed by atoms with Crippen molar-refractivity contribution < 1.29 is 4.79 Å². The van der Waals surface area contributed by atoms with Crippen LogP contribution in [0.1, 0.15) is 15.9 Å². The van der Waals surface area contributed by atoms with Crippen LogP contribution in [0.4, 0.5) is 0 Å². The third-order valence-corrected chi connectivity index (χ3v) is 3.81. The average molecular weight is 299 g/mol. The summed E-state index contributed by atoms with van der Waals surface area (Å²) in [6.07, 6.45) is 1.51. The lowest BCUT2D eigenvalue weighted by atomic mass is 10.1. The van der Waals surface area contributed by atoms with E-state index >= 15 is 0 Å². The van der Waals surface area contributed by atoms with Gasteiger partial charge in [-0.15, -0.1) is 5.10 Å². The highest BCUT2D eigenvalue weighted by atomic mass is 32.1. The Morgan fingerprint density at radius 3 is 2.71 bits per heavy atom. The number of nitrogens with zero attached hydrogens (tertiary/aromatic N) is 5. The third kappa shape index (κ3) is 2.97. The van der Waals surface area contributed by atoms with Crippen LogP contribution in [0, 0.1) is 0 Å². The van der Waals surface area contributed by atoms with Crippen molar-refractivity contribution in [1.29, 1.82) is 0 Å². The molecule has 3 aromatic rings. The molecule has 0 spiro atoms. The SMILES string of the molecule is CN(Cc1ccsc1)C(=O)c1ccc(-n2cnnn2)cc1. The van der Waals surface area contributed by atoms with Crippen LogP contribution in [-0.4, -0.2) is 38.1 Å². The van der Waals surface area contributed by atoms with Crippen LogP contribution < -0.4 is 0 Å². The molecule has 1 amide bonds. The summed E-state index contributed by atoms with van der Waals surface area (Å²) in [5, 5.41) is 15.0. The fraction of sp³-hybridized carbons (Fsp3) is 0.143. The van der Waals surface area contributed by atoms with Crippen LogP contribution in [0.25, 0.3) is 5.69 Å². The molecule has 3 rings (SSSR count). The standard InChI is InChI=1S/C14H13N5OS/c1-18(8-11-6-7-21-9-11)14(20)12-2-4-13(5-3-12)19-10-15-16-17-19/h2-7,9-10H,8H2,1H3. The molecular formula is C14H13N5OS. The Kier molecular flexibility index (Phi) is 3.74. The van der Waals surface area contributed by atoms with Gasteiger partial charge in [0.15, 0.2) is 0 Å². The van der Waals surface area contributed by atoms with Crippen LogP contribution in [0.5, 0.6) is 0 Å². The van der Waals surface area contributed by atoms with Gasteiger partial charge in [-0.2, -0.15) is 11.3 Å². The highest BCUT2D eigenvalue weighted by molar-refractivity contribution is 7.07. The normalized spacial score (nSPS) is 10.5. The van der Waals surface area contributed by atoms with Crippen molar-refractivity contribution in [2.24, 2.45) is 0 Å². The summed E-state index contributed by atoms with van der Waals surface area (Å²) in [4.78, 5) is 14.1. The second-order valence-electron chi connectivity index (χ2n) is 4.59. The number of tetrazole rings is 1. The molecule has 106 valence electrons. The predicted octanol–water partition coefficient (Wildman–Crippen LogP) is 2.00. The fourth-order valence-electron chi connectivity index (χ4n) is 1.99. The van der Waals surface area contributed by atoms with Gasteiger partial charge in [0.1, 0.15) is 6.33 Å². The largest absolute Gasteiger partial charge is 0.337 e. The first-order valence-electron chi connectivity index (χ1n) is 6.34.